The lowest BCUT2D eigenvalue weighted by Gasteiger charge is -2.05. The fourth-order valence-electron chi connectivity index (χ4n) is 4.37. The minimum atomic E-state index is -0.230. The zero-order valence-electron chi connectivity index (χ0n) is 21.4. The van der Waals surface area contributed by atoms with E-state index in [0.717, 1.165) is 27.8 Å². The van der Waals surface area contributed by atoms with Crippen molar-refractivity contribution in [1.29, 1.82) is 0 Å². The van der Waals surface area contributed by atoms with E-state index in [0.29, 0.717) is 40.4 Å². The van der Waals surface area contributed by atoms with Crippen molar-refractivity contribution < 1.29 is 8.78 Å². The predicted octanol–water partition coefficient (Wildman–Crippen LogP) is 9.22. The normalized spacial score (nSPS) is 12.6. The Morgan fingerprint density at radius 3 is 1.70 bits per heavy atom. The molecule has 0 bridgehead atoms. The summed E-state index contributed by atoms with van der Waals surface area (Å²) < 4.78 is 27.4. The van der Waals surface area contributed by atoms with Gasteiger partial charge in [0.2, 0.25) is 0 Å². The molecule has 0 spiro atoms. The van der Waals surface area contributed by atoms with Crippen LogP contribution < -0.4 is 0 Å². The van der Waals surface area contributed by atoms with Gasteiger partial charge in [-0.15, -0.1) is 27.0 Å². The maximum Gasteiger partial charge on any atom is 0.159 e. The molecular formula is C31H23Cl3F2N4. The minimum Gasteiger partial charge on any atom is -0.206 e. The van der Waals surface area contributed by atoms with Crippen LogP contribution in [-0.4, -0.2) is 20.4 Å². The van der Waals surface area contributed by atoms with Gasteiger partial charge >= 0.3 is 0 Å². The van der Waals surface area contributed by atoms with Gasteiger partial charge in [-0.3, -0.25) is 0 Å². The standard InChI is InChI=1S/C15H10ClFN2.C13H7Cl2FN2.C3H6/c1-2-14-12(8-15(16)19-18-14)10-6-9-4-3-5-13(17)11(9)7-10;14-12-6-10(13(15)18-17-12)8-4-7-2-1-3-11(16)9(7)5-8;1-3-2/h2-5,7-8H,1,6H2;1-3,5-6H,4H2;3H,1H2,2H3. The van der Waals surface area contributed by atoms with Crippen LogP contribution in [0.1, 0.15) is 46.0 Å². The summed E-state index contributed by atoms with van der Waals surface area (Å²) in [5.41, 5.74) is 7.24. The second-order valence-corrected chi connectivity index (χ2v) is 9.90. The molecule has 202 valence electrons. The van der Waals surface area contributed by atoms with E-state index in [1.165, 1.54) is 12.1 Å². The van der Waals surface area contributed by atoms with Gasteiger partial charge in [-0.05, 0) is 84.5 Å². The van der Waals surface area contributed by atoms with Gasteiger partial charge in [0.05, 0.1) is 5.69 Å². The van der Waals surface area contributed by atoms with Crippen LogP contribution in [0.3, 0.4) is 0 Å². The van der Waals surface area contributed by atoms with Gasteiger partial charge in [0.25, 0.3) is 0 Å². The molecule has 0 saturated carbocycles. The molecule has 0 aliphatic heterocycles. The predicted molar refractivity (Wildman–Crippen MR) is 161 cm³/mol. The molecule has 2 aliphatic rings. The molecule has 0 saturated heterocycles. The third kappa shape index (κ3) is 6.53. The Kier molecular flexibility index (Phi) is 9.58. The third-order valence-electron chi connectivity index (χ3n) is 6.08. The molecule has 0 amide bonds. The second kappa shape index (κ2) is 13.1. The van der Waals surface area contributed by atoms with E-state index in [9.17, 15) is 8.78 Å². The van der Waals surface area contributed by atoms with Crippen molar-refractivity contribution in [2.75, 3.05) is 0 Å². The molecule has 0 fully saturated rings. The molecule has 2 heterocycles. The summed E-state index contributed by atoms with van der Waals surface area (Å²) in [6, 6.07) is 13.5. The topological polar surface area (TPSA) is 51.6 Å². The van der Waals surface area contributed by atoms with Crippen LogP contribution in [0.5, 0.6) is 0 Å². The second-order valence-electron chi connectivity index (χ2n) is 8.77. The molecule has 2 aliphatic carbocycles. The fourth-order valence-corrected chi connectivity index (χ4v) is 4.87. The Labute approximate surface area is 246 Å². The Hall–Kier alpha value is -3.71. The molecule has 4 nitrogen and oxygen atoms in total. The smallest absolute Gasteiger partial charge is 0.159 e. The first-order valence-electron chi connectivity index (χ1n) is 12.1. The summed E-state index contributed by atoms with van der Waals surface area (Å²) in [4.78, 5) is 0. The Bertz CT molecular complexity index is 1660. The van der Waals surface area contributed by atoms with E-state index in [1.807, 2.05) is 25.1 Å². The summed E-state index contributed by atoms with van der Waals surface area (Å²) in [6.45, 7) is 8.96. The number of rotatable bonds is 3. The van der Waals surface area contributed by atoms with Crippen LogP contribution in [0.25, 0.3) is 29.4 Å². The van der Waals surface area contributed by atoms with Crippen LogP contribution >= 0.6 is 34.8 Å². The van der Waals surface area contributed by atoms with Crippen molar-refractivity contribution in [2.24, 2.45) is 0 Å². The van der Waals surface area contributed by atoms with Crippen molar-refractivity contribution >= 4 is 64.2 Å². The van der Waals surface area contributed by atoms with Gasteiger partial charge in [0.15, 0.2) is 15.5 Å². The quantitative estimate of drug-likeness (QED) is 0.222. The number of benzene rings is 2. The fraction of sp³-hybridized carbons (Fsp3) is 0.0968. The lowest BCUT2D eigenvalue weighted by atomic mass is 10.0. The molecule has 2 aromatic heterocycles. The summed E-state index contributed by atoms with van der Waals surface area (Å²) >= 11 is 17.7. The zero-order chi connectivity index (χ0) is 28.8. The highest BCUT2D eigenvalue weighted by atomic mass is 35.5. The van der Waals surface area contributed by atoms with E-state index in [-0.39, 0.29) is 21.9 Å². The number of hydrogen-bond acceptors (Lipinski definition) is 4. The zero-order valence-corrected chi connectivity index (χ0v) is 23.7. The number of allylic oxidation sites excluding steroid dienone is 3. The molecule has 9 heteroatoms. The van der Waals surface area contributed by atoms with Crippen molar-refractivity contribution in [3.63, 3.8) is 0 Å². The summed E-state index contributed by atoms with van der Waals surface area (Å²) in [7, 11) is 0. The van der Waals surface area contributed by atoms with Crippen LogP contribution in [-0.2, 0) is 12.8 Å². The van der Waals surface area contributed by atoms with Crippen LogP contribution in [0.2, 0.25) is 15.5 Å². The first kappa shape index (κ1) is 29.3. The van der Waals surface area contributed by atoms with E-state index in [4.69, 9.17) is 34.8 Å². The van der Waals surface area contributed by atoms with Crippen LogP contribution in [0, 0.1) is 11.6 Å². The number of nitrogens with zero attached hydrogens (tertiary/aromatic N) is 4. The Morgan fingerprint density at radius 2 is 1.20 bits per heavy atom. The molecular weight excluding hydrogens is 573 g/mol. The van der Waals surface area contributed by atoms with E-state index >= 15 is 0 Å². The average molecular weight is 596 g/mol. The first-order valence-corrected chi connectivity index (χ1v) is 13.3. The van der Waals surface area contributed by atoms with Gasteiger partial charge in [-0.25, -0.2) is 8.78 Å². The molecule has 0 radical (unpaired) electrons. The first-order chi connectivity index (χ1) is 19.2. The minimum absolute atomic E-state index is 0.208. The average Bonchev–Trinajstić information content (AvgIpc) is 3.57. The maximum absolute atomic E-state index is 13.7. The lowest BCUT2D eigenvalue weighted by Crippen LogP contribution is -1.95. The van der Waals surface area contributed by atoms with Gasteiger partial charge in [-0.1, -0.05) is 71.7 Å². The van der Waals surface area contributed by atoms with E-state index in [2.05, 4.69) is 33.6 Å². The number of halogens is 5. The lowest BCUT2D eigenvalue weighted by molar-refractivity contribution is 0.623. The van der Waals surface area contributed by atoms with Crippen LogP contribution in [0.15, 0.2) is 67.8 Å². The highest BCUT2D eigenvalue weighted by Crippen LogP contribution is 2.36. The number of aromatic nitrogens is 4. The third-order valence-corrected chi connectivity index (χ3v) is 6.73. The molecule has 40 heavy (non-hydrogen) atoms. The Balaban J connectivity index is 0.000000169. The van der Waals surface area contributed by atoms with Crippen molar-refractivity contribution in [2.45, 2.75) is 19.8 Å². The molecule has 0 atom stereocenters. The van der Waals surface area contributed by atoms with Gasteiger partial charge in [0.1, 0.15) is 11.6 Å². The molecule has 6 rings (SSSR count). The highest BCUT2D eigenvalue weighted by molar-refractivity contribution is 6.33. The van der Waals surface area contributed by atoms with Gasteiger partial charge in [0, 0.05) is 22.3 Å². The summed E-state index contributed by atoms with van der Waals surface area (Å²) in [5, 5.41) is 16.1. The highest BCUT2D eigenvalue weighted by Gasteiger charge is 2.21. The SMILES string of the molecule is C=CC.C=Cc1nnc(Cl)cc1C1=Cc2c(F)cccc2C1.Fc1cccc2c1C=C(c1cc(Cl)nnc1Cl)C2. The van der Waals surface area contributed by atoms with Crippen LogP contribution in [0.4, 0.5) is 8.78 Å². The van der Waals surface area contributed by atoms with Crippen molar-refractivity contribution in [3.8, 4) is 0 Å². The summed E-state index contributed by atoms with van der Waals surface area (Å²) in [6.07, 6.45) is 8.28. The van der Waals surface area contributed by atoms with Crippen molar-refractivity contribution in [3.05, 3.63) is 134 Å². The maximum atomic E-state index is 13.7. The van der Waals surface area contributed by atoms with Gasteiger partial charge in [-0.2, -0.15) is 0 Å². The summed E-state index contributed by atoms with van der Waals surface area (Å²) in [5.74, 6) is -0.437. The monoisotopic (exact) mass is 594 g/mol. The molecule has 2 aromatic carbocycles. The number of fused-ring (bicyclic) bond motifs is 2. The molecule has 0 N–H and O–H groups in total. The molecule has 0 unspecified atom stereocenters. The van der Waals surface area contributed by atoms with Crippen molar-refractivity contribution in [1.82, 2.24) is 20.4 Å². The van der Waals surface area contributed by atoms with Gasteiger partial charge < -0.3 is 0 Å². The molecule has 4 aromatic rings. The van der Waals surface area contributed by atoms with E-state index in [1.54, 1.807) is 42.5 Å². The largest absolute Gasteiger partial charge is 0.206 e. The number of hydrogen-bond donors (Lipinski definition) is 0. The van der Waals surface area contributed by atoms with E-state index < -0.39 is 0 Å². The Morgan fingerprint density at radius 1 is 0.725 bits per heavy atom.